The van der Waals surface area contributed by atoms with Gasteiger partial charge in [0.05, 0.1) is 4.47 Å². The Bertz CT molecular complexity index is 1080. The molecule has 0 aliphatic carbocycles. The molecule has 0 saturated carbocycles. The van der Waals surface area contributed by atoms with Crippen LogP contribution in [0, 0.1) is 0 Å². The summed E-state index contributed by atoms with van der Waals surface area (Å²) in [5, 5.41) is 9.52. The lowest BCUT2D eigenvalue weighted by molar-refractivity contribution is -0.139. The van der Waals surface area contributed by atoms with E-state index in [1.54, 1.807) is 53.6 Å². The zero-order valence-electron chi connectivity index (χ0n) is 16.0. The number of hydrogen-bond acceptors (Lipinski definition) is 4. The number of ether oxygens (including phenoxy) is 1. The summed E-state index contributed by atoms with van der Waals surface area (Å²) in [5.41, 5.74) is 1.64. The second kappa shape index (κ2) is 9.73. The fourth-order valence-electron chi connectivity index (χ4n) is 2.95. The number of nitrogens with zero attached hydrogens (tertiary/aromatic N) is 2. The van der Waals surface area contributed by atoms with Gasteiger partial charge in [-0.2, -0.15) is 0 Å². The number of rotatable bonds is 7. The number of benzene rings is 2. The maximum absolute atomic E-state index is 13.3. The fourth-order valence-corrected chi connectivity index (χ4v) is 3.71. The highest BCUT2D eigenvalue weighted by atomic mass is 79.9. The number of amides is 1. The van der Waals surface area contributed by atoms with Crippen LogP contribution in [0.5, 0.6) is 5.75 Å². The molecule has 8 heteroatoms. The Kier molecular flexibility index (Phi) is 7.07. The van der Waals surface area contributed by atoms with Gasteiger partial charge < -0.3 is 9.84 Å². The lowest BCUT2D eigenvalue weighted by atomic mass is 10.0. The Balaban J connectivity index is 2.10. The molecule has 0 radical (unpaired) electrons. The number of pyridine rings is 1. The first-order valence-corrected chi connectivity index (χ1v) is 10.2. The molecule has 0 saturated heterocycles. The average Bonchev–Trinajstić information content (AvgIpc) is 2.73. The van der Waals surface area contributed by atoms with Crippen molar-refractivity contribution in [1.82, 2.24) is 4.98 Å². The molecule has 1 aromatic heterocycles. The molecule has 0 aliphatic rings. The molecule has 30 heavy (non-hydrogen) atoms. The monoisotopic (exact) mass is 488 g/mol. The van der Waals surface area contributed by atoms with Crippen molar-refractivity contribution in [2.45, 2.75) is 6.92 Å². The normalized spacial score (nSPS) is 10.5. The molecule has 0 atom stereocenters. The number of halogens is 2. The van der Waals surface area contributed by atoms with Crippen LogP contribution in [-0.4, -0.2) is 35.1 Å². The largest absolute Gasteiger partial charge is 0.480 e. The molecule has 0 unspecified atom stereocenters. The minimum absolute atomic E-state index is 0.245. The molecular weight excluding hydrogens is 472 g/mol. The summed E-state index contributed by atoms with van der Waals surface area (Å²) >= 11 is 9.56. The lowest BCUT2D eigenvalue weighted by Gasteiger charge is -2.21. The van der Waals surface area contributed by atoms with Crippen molar-refractivity contribution in [2.75, 3.05) is 18.1 Å². The van der Waals surface area contributed by atoms with Gasteiger partial charge in [-0.25, -0.2) is 9.78 Å². The third-order valence-electron chi connectivity index (χ3n) is 4.25. The van der Waals surface area contributed by atoms with Crippen LogP contribution in [0.2, 0.25) is 5.02 Å². The molecule has 0 fully saturated rings. The summed E-state index contributed by atoms with van der Waals surface area (Å²) in [6, 6.07) is 15.7. The van der Waals surface area contributed by atoms with E-state index in [1.165, 1.54) is 0 Å². The summed E-state index contributed by atoms with van der Waals surface area (Å²) in [4.78, 5) is 30.1. The number of carboxylic acids is 1. The Morgan fingerprint density at radius 3 is 2.60 bits per heavy atom. The summed E-state index contributed by atoms with van der Waals surface area (Å²) < 4.78 is 5.96. The molecule has 154 valence electrons. The minimum Gasteiger partial charge on any atom is -0.480 e. The van der Waals surface area contributed by atoms with E-state index >= 15 is 0 Å². The van der Waals surface area contributed by atoms with E-state index in [2.05, 4.69) is 20.9 Å². The SMILES string of the molecule is CCN(C(=O)c1cc(Br)c(OCC(=O)O)c(-c2cccc(Cl)c2)c1)c1ccccn1. The van der Waals surface area contributed by atoms with E-state index in [9.17, 15) is 9.59 Å². The summed E-state index contributed by atoms with van der Waals surface area (Å²) in [6.45, 7) is 1.77. The summed E-state index contributed by atoms with van der Waals surface area (Å²) in [5.74, 6) is -0.495. The highest BCUT2D eigenvalue weighted by Gasteiger charge is 2.22. The second-order valence-electron chi connectivity index (χ2n) is 6.26. The average molecular weight is 490 g/mol. The van der Waals surface area contributed by atoms with Crippen molar-refractivity contribution < 1.29 is 19.4 Å². The quantitative estimate of drug-likeness (QED) is 0.487. The highest BCUT2D eigenvalue weighted by molar-refractivity contribution is 9.10. The Morgan fingerprint density at radius 2 is 1.97 bits per heavy atom. The number of aliphatic carboxylic acids is 1. The second-order valence-corrected chi connectivity index (χ2v) is 7.56. The third-order valence-corrected chi connectivity index (χ3v) is 5.08. The standard InChI is InChI=1S/C22H18BrClN2O4/c1-2-26(19-8-3-4-9-25-19)22(29)15-11-17(14-6-5-7-16(24)10-14)21(18(23)12-15)30-13-20(27)28/h3-12H,2,13H2,1H3,(H,27,28). The molecular formula is C22H18BrClN2O4. The fraction of sp³-hybridized carbons (Fsp3) is 0.136. The van der Waals surface area contributed by atoms with Gasteiger partial charge in [0.2, 0.25) is 0 Å². The van der Waals surface area contributed by atoms with Crippen molar-refractivity contribution in [2.24, 2.45) is 0 Å². The molecule has 0 aliphatic heterocycles. The maximum atomic E-state index is 13.3. The maximum Gasteiger partial charge on any atom is 0.341 e. The van der Waals surface area contributed by atoms with Gasteiger partial charge >= 0.3 is 5.97 Å². The van der Waals surface area contributed by atoms with E-state index < -0.39 is 12.6 Å². The minimum atomic E-state index is -1.11. The number of carbonyl (C=O) groups excluding carboxylic acids is 1. The van der Waals surface area contributed by atoms with Crippen LogP contribution < -0.4 is 9.64 Å². The predicted molar refractivity (Wildman–Crippen MR) is 119 cm³/mol. The molecule has 1 heterocycles. The van der Waals surface area contributed by atoms with Crippen molar-refractivity contribution in [1.29, 1.82) is 0 Å². The highest BCUT2D eigenvalue weighted by Crippen LogP contribution is 2.39. The Hall–Kier alpha value is -2.90. The predicted octanol–water partition coefficient (Wildman–Crippen LogP) is 5.29. The summed E-state index contributed by atoms with van der Waals surface area (Å²) in [6.07, 6.45) is 1.63. The third kappa shape index (κ3) is 4.98. The van der Waals surface area contributed by atoms with Gasteiger partial charge in [0.25, 0.3) is 5.91 Å². The summed E-state index contributed by atoms with van der Waals surface area (Å²) in [7, 11) is 0. The van der Waals surface area contributed by atoms with Gasteiger partial charge in [0, 0.05) is 28.9 Å². The molecule has 1 amide bonds. The molecule has 2 aromatic carbocycles. The molecule has 3 aromatic rings. The van der Waals surface area contributed by atoms with Gasteiger partial charge in [-0.05, 0) is 64.8 Å². The van der Waals surface area contributed by atoms with Gasteiger partial charge in [0.15, 0.2) is 6.61 Å². The van der Waals surface area contributed by atoms with Crippen molar-refractivity contribution >= 4 is 45.2 Å². The van der Waals surface area contributed by atoms with Crippen LogP contribution in [0.4, 0.5) is 5.82 Å². The van der Waals surface area contributed by atoms with Crippen LogP contribution in [-0.2, 0) is 4.79 Å². The van der Waals surface area contributed by atoms with Crippen LogP contribution in [0.25, 0.3) is 11.1 Å². The lowest BCUT2D eigenvalue weighted by Crippen LogP contribution is -2.31. The molecule has 6 nitrogen and oxygen atoms in total. The number of carbonyl (C=O) groups is 2. The van der Waals surface area contributed by atoms with Gasteiger partial charge in [0.1, 0.15) is 11.6 Å². The Morgan fingerprint density at radius 1 is 1.17 bits per heavy atom. The van der Waals surface area contributed by atoms with Gasteiger partial charge in [-0.15, -0.1) is 0 Å². The van der Waals surface area contributed by atoms with Gasteiger partial charge in [-0.1, -0.05) is 29.8 Å². The number of hydrogen-bond donors (Lipinski definition) is 1. The zero-order valence-corrected chi connectivity index (χ0v) is 18.4. The molecule has 3 rings (SSSR count). The van der Waals surface area contributed by atoms with Gasteiger partial charge in [-0.3, -0.25) is 9.69 Å². The van der Waals surface area contributed by atoms with E-state index in [4.69, 9.17) is 21.4 Å². The molecule has 1 N–H and O–H groups in total. The number of aromatic nitrogens is 1. The topological polar surface area (TPSA) is 79.7 Å². The van der Waals surface area contributed by atoms with E-state index in [1.807, 2.05) is 19.1 Å². The molecule has 0 bridgehead atoms. The van der Waals surface area contributed by atoms with Crippen LogP contribution in [0.1, 0.15) is 17.3 Å². The first-order valence-electron chi connectivity index (χ1n) is 9.07. The van der Waals surface area contributed by atoms with Crippen LogP contribution in [0.3, 0.4) is 0 Å². The first-order chi connectivity index (χ1) is 14.4. The van der Waals surface area contributed by atoms with Crippen molar-refractivity contribution in [3.05, 3.63) is 75.9 Å². The van der Waals surface area contributed by atoms with Crippen LogP contribution in [0.15, 0.2) is 65.3 Å². The van der Waals surface area contributed by atoms with Crippen molar-refractivity contribution in [3.63, 3.8) is 0 Å². The first kappa shape index (κ1) is 21.8. The van der Waals surface area contributed by atoms with Crippen LogP contribution >= 0.6 is 27.5 Å². The van der Waals surface area contributed by atoms with E-state index in [0.717, 1.165) is 0 Å². The van der Waals surface area contributed by atoms with E-state index in [0.29, 0.717) is 44.3 Å². The Labute approximate surface area is 187 Å². The van der Waals surface area contributed by atoms with Crippen molar-refractivity contribution in [3.8, 4) is 16.9 Å². The smallest absolute Gasteiger partial charge is 0.341 e. The number of carboxylic acid groups (broad SMARTS) is 1. The number of anilines is 1. The zero-order chi connectivity index (χ0) is 21.7. The molecule has 0 spiro atoms. The van der Waals surface area contributed by atoms with E-state index in [-0.39, 0.29) is 5.91 Å².